The first-order chi connectivity index (χ1) is 12.6. The molecule has 0 bridgehead atoms. The SMILES string of the molecule is COc1ccc(CN2CC[C@]3(C2)CN(C)C(=O)O3)cc1Cn1cncn1. The fraction of sp³-hybridized carbons (Fsp3) is 0.500. The third-order valence-corrected chi connectivity index (χ3v) is 5.09. The quantitative estimate of drug-likeness (QED) is 0.805. The summed E-state index contributed by atoms with van der Waals surface area (Å²) in [5, 5.41) is 4.17. The lowest BCUT2D eigenvalue weighted by atomic mass is 10.0. The molecule has 0 saturated carbocycles. The van der Waals surface area contributed by atoms with Crippen LogP contribution in [0.3, 0.4) is 0 Å². The maximum Gasteiger partial charge on any atom is 0.410 e. The summed E-state index contributed by atoms with van der Waals surface area (Å²) < 4.78 is 12.9. The van der Waals surface area contributed by atoms with Crippen molar-refractivity contribution in [3.63, 3.8) is 0 Å². The molecule has 2 fully saturated rings. The molecule has 138 valence electrons. The zero-order valence-corrected chi connectivity index (χ0v) is 15.1. The average Bonchev–Trinajstić information content (AvgIpc) is 3.31. The summed E-state index contributed by atoms with van der Waals surface area (Å²) in [5.41, 5.74) is 1.93. The highest BCUT2D eigenvalue weighted by molar-refractivity contribution is 5.70. The van der Waals surface area contributed by atoms with Gasteiger partial charge >= 0.3 is 6.09 Å². The number of methoxy groups -OCH3 is 1. The number of aromatic nitrogens is 3. The number of likely N-dealkylation sites (N-methyl/N-ethyl adjacent to an activating group) is 1. The molecule has 8 heteroatoms. The van der Waals surface area contributed by atoms with Crippen molar-refractivity contribution < 1.29 is 14.3 Å². The third-order valence-electron chi connectivity index (χ3n) is 5.09. The smallest absolute Gasteiger partial charge is 0.410 e. The van der Waals surface area contributed by atoms with Crippen LogP contribution in [0.25, 0.3) is 0 Å². The minimum absolute atomic E-state index is 0.216. The molecule has 1 aromatic carbocycles. The molecule has 3 heterocycles. The van der Waals surface area contributed by atoms with E-state index in [1.54, 1.807) is 30.1 Å². The number of amides is 1. The zero-order chi connectivity index (χ0) is 18.1. The first-order valence-corrected chi connectivity index (χ1v) is 8.72. The highest BCUT2D eigenvalue weighted by atomic mass is 16.6. The summed E-state index contributed by atoms with van der Waals surface area (Å²) in [4.78, 5) is 19.7. The number of carbonyl (C=O) groups excluding carboxylic acids is 1. The maximum atomic E-state index is 11.7. The molecule has 8 nitrogen and oxygen atoms in total. The normalized spacial score (nSPS) is 23.0. The van der Waals surface area contributed by atoms with Gasteiger partial charge in [0.2, 0.25) is 0 Å². The van der Waals surface area contributed by atoms with Crippen LogP contribution in [0.5, 0.6) is 5.75 Å². The van der Waals surface area contributed by atoms with Crippen molar-refractivity contribution in [3.05, 3.63) is 42.0 Å². The number of rotatable bonds is 5. The molecule has 2 aliphatic heterocycles. The lowest BCUT2D eigenvalue weighted by Crippen LogP contribution is -2.37. The Morgan fingerprint density at radius 3 is 2.88 bits per heavy atom. The second-order valence-electron chi connectivity index (χ2n) is 7.11. The summed E-state index contributed by atoms with van der Waals surface area (Å²) >= 11 is 0. The van der Waals surface area contributed by atoms with Gasteiger partial charge in [-0.2, -0.15) is 5.10 Å². The molecule has 2 aliphatic rings. The number of carbonyl (C=O) groups is 1. The summed E-state index contributed by atoms with van der Waals surface area (Å²) in [6.07, 6.45) is 3.89. The number of likely N-dealkylation sites (tertiary alicyclic amines) is 1. The molecule has 1 aromatic heterocycles. The molecule has 1 amide bonds. The van der Waals surface area contributed by atoms with E-state index in [0.29, 0.717) is 13.1 Å². The monoisotopic (exact) mass is 357 g/mol. The number of nitrogens with zero attached hydrogens (tertiary/aromatic N) is 5. The molecule has 0 radical (unpaired) electrons. The molecule has 26 heavy (non-hydrogen) atoms. The lowest BCUT2D eigenvalue weighted by molar-refractivity contribution is 0.0627. The van der Waals surface area contributed by atoms with Gasteiger partial charge in [-0.05, 0) is 17.7 Å². The Morgan fingerprint density at radius 1 is 1.31 bits per heavy atom. The van der Waals surface area contributed by atoms with Crippen LogP contribution in [0.1, 0.15) is 17.5 Å². The van der Waals surface area contributed by atoms with Crippen molar-refractivity contribution in [1.29, 1.82) is 0 Å². The fourth-order valence-corrected chi connectivity index (χ4v) is 3.87. The summed E-state index contributed by atoms with van der Waals surface area (Å²) in [6, 6.07) is 6.23. The second kappa shape index (κ2) is 6.60. The number of hydrogen-bond donors (Lipinski definition) is 0. The molecule has 0 N–H and O–H groups in total. The van der Waals surface area contributed by atoms with Gasteiger partial charge in [0.05, 0.1) is 20.2 Å². The predicted octanol–water partition coefficient (Wildman–Crippen LogP) is 1.36. The Balaban J connectivity index is 1.46. The summed E-state index contributed by atoms with van der Waals surface area (Å²) in [6.45, 7) is 3.79. The first kappa shape index (κ1) is 16.8. The van der Waals surface area contributed by atoms with E-state index in [4.69, 9.17) is 9.47 Å². The number of benzene rings is 1. The van der Waals surface area contributed by atoms with E-state index >= 15 is 0 Å². The molecule has 0 aliphatic carbocycles. The van der Waals surface area contributed by atoms with Crippen molar-refractivity contribution in [1.82, 2.24) is 24.6 Å². The molecular formula is C18H23N5O3. The molecule has 1 spiro atoms. The second-order valence-corrected chi connectivity index (χ2v) is 7.11. The molecule has 0 unspecified atom stereocenters. The van der Waals surface area contributed by atoms with E-state index in [0.717, 1.165) is 37.4 Å². The summed E-state index contributed by atoms with van der Waals surface area (Å²) in [5.74, 6) is 0.841. The zero-order valence-electron chi connectivity index (χ0n) is 15.1. The topological polar surface area (TPSA) is 72.7 Å². The van der Waals surface area contributed by atoms with Gasteiger partial charge in [-0.15, -0.1) is 0 Å². The standard InChI is InChI=1S/C18H23N5O3/c1-21-10-18(26-17(21)24)5-6-22(11-18)8-14-3-4-16(25-2)15(7-14)9-23-13-19-12-20-23/h3-4,7,12-13H,5-6,8-11H2,1-2H3/t18-/m1/s1. The van der Waals surface area contributed by atoms with E-state index in [9.17, 15) is 4.79 Å². The van der Waals surface area contributed by atoms with Crippen LogP contribution in [0.4, 0.5) is 4.79 Å². The molecule has 2 saturated heterocycles. The van der Waals surface area contributed by atoms with Gasteiger partial charge in [0.1, 0.15) is 24.0 Å². The Morgan fingerprint density at radius 2 is 2.19 bits per heavy atom. The lowest BCUT2D eigenvalue weighted by Gasteiger charge is -2.22. The minimum atomic E-state index is -0.345. The van der Waals surface area contributed by atoms with Crippen LogP contribution in [0.15, 0.2) is 30.9 Å². The summed E-state index contributed by atoms with van der Waals surface area (Å²) in [7, 11) is 3.47. The Labute approximate surface area is 152 Å². The van der Waals surface area contributed by atoms with Crippen molar-refractivity contribution in [3.8, 4) is 5.75 Å². The van der Waals surface area contributed by atoms with Gasteiger partial charge in [0.25, 0.3) is 0 Å². The first-order valence-electron chi connectivity index (χ1n) is 8.72. The van der Waals surface area contributed by atoms with E-state index in [-0.39, 0.29) is 11.7 Å². The van der Waals surface area contributed by atoms with Gasteiger partial charge in [-0.3, -0.25) is 4.90 Å². The van der Waals surface area contributed by atoms with Crippen molar-refractivity contribution in [2.24, 2.45) is 0 Å². The van der Waals surface area contributed by atoms with E-state index in [2.05, 4.69) is 27.1 Å². The van der Waals surface area contributed by atoms with Gasteiger partial charge in [-0.25, -0.2) is 14.5 Å². The predicted molar refractivity (Wildman–Crippen MR) is 93.9 cm³/mol. The van der Waals surface area contributed by atoms with Crippen molar-refractivity contribution in [2.45, 2.75) is 25.1 Å². The largest absolute Gasteiger partial charge is 0.496 e. The molecule has 1 atom stereocenters. The molecule has 2 aromatic rings. The molecule has 4 rings (SSSR count). The van der Waals surface area contributed by atoms with Crippen molar-refractivity contribution >= 4 is 6.09 Å². The fourth-order valence-electron chi connectivity index (χ4n) is 3.87. The van der Waals surface area contributed by atoms with Crippen LogP contribution in [0.2, 0.25) is 0 Å². The van der Waals surface area contributed by atoms with E-state index < -0.39 is 0 Å². The van der Waals surface area contributed by atoms with Crippen LogP contribution < -0.4 is 4.74 Å². The minimum Gasteiger partial charge on any atom is -0.496 e. The van der Waals surface area contributed by atoms with Crippen LogP contribution in [-0.2, 0) is 17.8 Å². The van der Waals surface area contributed by atoms with E-state index in [1.807, 2.05) is 6.07 Å². The van der Waals surface area contributed by atoms with Crippen LogP contribution in [-0.4, -0.2) is 70.1 Å². The van der Waals surface area contributed by atoms with E-state index in [1.165, 1.54) is 11.9 Å². The number of ether oxygens (including phenoxy) is 2. The third kappa shape index (κ3) is 3.24. The highest BCUT2D eigenvalue weighted by Gasteiger charge is 2.48. The maximum absolute atomic E-state index is 11.7. The Kier molecular flexibility index (Phi) is 4.28. The van der Waals surface area contributed by atoms with Gasteiger partial charge in [0.15, 0.2) is 0 Å². The highest BCUT2D eigenvalue weighted by Crippen LogP contribution is 2.32. The molecular weight excluding hydrogens is 334 g/mol. The Bertz CT molecular complexity index is 794. The van der Waals surface area contributed by atoms with Crippen LogP contribution >= 0.6 is 0 Å². The van der Waals surface area contributed by atoms with Crippen LogP contribution in [0, 0.1) is 0 Å². The van der Waals surface area contributed by atoms with Gasteiger partial charge in [-0.1, -0.05) is 6.07 Å². The average molecular weight is 357 g/mol. The number of hydrogen-bond acceptors (Lipinski definition) is 6. The Hall–Kier alpha value is -2.61. The van der Waals surface area contributed by atoms with Crippen molar-refractivity contribution in [2.75, 3.05) is 33.8 Å². The van der Waals surface area contributed by atoms with Gasteiger partial charge < -0.3 is 14.4 Å². The van der Waals surface area contributed by atoms with Gasteiger partial charge in [0, 0.05) is 38.7 Å².